The van der Waals surface area contributed by atoms with Gasteiger partial charge in [-0.1, -0.05) is 0 Å². The monoisotopic (exact) mass is 342 g/mol. The lowest BCUT2D eigenvalue weighted by atomic mass is 10.1. The van der Waals surface area contributed by atoms with Crippen LogP contribution in [0.3, 0.4) is 0 Å². The number of hydrogen-bond acceptors (Lipinski definition) is 7. The fourth-order valence-electron chi connectivity index (χ4n) is 2.63. The van der Waals surface area contributed by atoms with Crippen molar-refractivity contribution >= 4 is 16.7 Å². The molecule has 25 heavy (non-hydrogen) atoms. The molecule has 8 heteroatoms. The molecule has 3 rings (SSSR count). The molecule has 0 atom stereocenters. The number of pyridine rings is 1. The molecular weight excluding hydrogens is 324 g/mol. The number of nitrogens with zero attached hydrogens (tertiary/aromatic N) is 3. The molecule has 0 fully saturated rings. The summed E-state index contributed by atoms with van der Waals surface area (Å²) in [4.78, 5) is 20.1. The lowest BCUT2D eigenvalue weighted by molar-refractivity contribution is 0.186. The number of hydrogen-bond donors (Lipinski definition) is 2. The summed E-state index contributed by atoms with van der Waals surface area (Å²) in [6.07, 6.45) is 1.31. The third-order valence-corrected chi connectivity index (χ3v) is 3.93. The van der Waals surface area contributed by atoms with E-state index in [1.54, 1.807) is 27.2 Å². The van der Waals surface area contributed by atoms with Crippen LogP contribution in [-0.4, -0.2) is 34.1 Å². The van der Waals surface area contributed by atoms with Gasteiger partial charge in [0.05, 0.1) is 31.0 Å². The van der Waals surface area contributed by atoms with Gasteiger partial charge in [-0.15, -0.1) is 4.73 Å². The third kappa shape index (κ3) is 3.06. The number of aryl methyl sites for hydroxylation is 1. The van der Waals surface area contributed by atoms with Gasteiger partial charge in [-0.3, -0.25) is 4.79 Å². The highest BCUT2D eigenvalue weighted by Gasteiger charge is 2.13. The van der Waals surface area contributed by atoms with Gasteiger partial charge in [0.15, 0.2) is 5.65 Å². The fraction of sp³-hybridized carbons (Fsp3) is 0.235. The zero-order chi connectivity index (χ0) is 18.0. The van der Waals surface area contributed by atoms with Crippen LogP contribution in [0.4, 0.5) is 5.69 Å². The maximum atomic E-state index is 12.0. The molecule has 2 N–H and O–H groups in total. The zero-order valence-electron chi connectivity index (χ0n) is 14.1. The summed E-state index contributed by atoms with van der Waals surface area (Å²) in [5, 5.41) is 13.7. The Kier molecular flexibility index (Phi) is 4.42. The maximum Gasteiger partial charge on any atom is 0.286 e. The molecule has 2 aromatic heterocycles. The Morgan fingerprint density at radius 1 is 1.20 bits per heavy atom. The molecule has 0 radical (unpaired) electrons. The van der Waals surface area contributed by atoms with E-state index in [4.69, 9.17) is 9.47 Å². The molecule has 8 nitrogen and oxygen atoms in total. The molecule has 0 unspecified atom stereocenters. The minimum atomic E-state index is -0.574. The van der Waals surface area contributed by atoms with Gasteiger partial charge in [-0.05, 0) is 19.1 Å². The molecule has 0 saturated carbocycles. The lowest BCUT2D eigenvalue weighted by Crippen LogP contribution is -2.20. The maximum absolute atomic E-state index is 12.0. The van der Waals surface area contributed by atoms with Gasteiger partial charge in [0, 0.05) is 24.2 Å². The van der Waals surface area contributed by atoms with Crippen LogP contribution in [0.1, 0.15) is 11.3 Å². The van der Waals surface area contributed by atoms with Crippen LogP contribution in [0, 0.1) is 6.92 Å². The van der Waals surface area contributed by atoms with Crippen LogP contribution in [0.15, 0.2) is 35.4 Å². The van der Waals surface area contributed by atoms with Crippen molar-refractivity contribution in [3.63, 3.8) is 0 Å². The Morgan fingerprint density at radius 3 is 2.72 bits per heavy atom. The first-order chi connectivity index (χ1) is 12.0. The van der Waals surface area contributed by atoms with Gasteiger partial charge in [0.1, 0.15) is 17.8 Å². The molecule has 0 saturated heterocycles. The number of nitrogens with one attached hydrogen (secondary N) is 1. The van der Waals surface area contributed by atoms with E-state index in [0.717, 1.165) is 5.56 Å². The predicted molar refractivity (Wildman–Crippen MR) is 92.6 cm³/mol. The van der Waals surface area contributed by atoms with Crippen LogP contribution >= 0.6 is 0 Å². The van der Waals surface area contributed by atoms with E-state index in [9.17, 15) is 10.0 Å². The summed E-state index contributed by atoms with van der Waals surface area (Å²) in [5.41, 5.74) is 1.66. The van der Waals surface area contributed by atoms with Crippen LogP contribution in [0.2, 0.25) is 0 Å². The molecule has 3 aromatic rings. The molecule has 0 aliphatic carbocycles. The summed E-state index contributed by atoms with van der Waals surface area (Å²) in [5.74, 6) is 1.36. The Hall–Kier alpha value is -3.29. The van der Waals surface area contributed by atoms with Gasteiger partial charge in [-0.2, -0.15) is 0 Å². The van der Waals surface area contributed by atoms with Gasteiger partial charge in [0.2, 0.25) is 0 Å². The quantitative estimate of drug-likeness (QED) is 0.684. The number of fused-ring (bicyclic) bond motifs is 1. The highest BCUT2D eigenvalue weighted by atomic mass is 16.5. The third-order valence-electron chi connectivity index (χ3n) is 3.93. The van der Waals surface area contributed by atoms with Crippen LogP contribution in [-0.2, 0) is 6.54 Å². The number of anilines is 1. The topological polar surface area (TPSA) is 98.5 Å². The van der Waals surface area contributed by atoms with E-state index in [2.05, 4.69) is 15.3 Å². The second-order valence-corrected chi connectivity index (χ2v) is 5.40. The van der Waals surface area contributed by atoms with Crippen molar-refractivity contribution in [3.8, 4) is 11.5 Å². The van der Waals surface area contributed by atoms with Crippen molar-refractivity contribution in [3.05, 3.63) is 52.2 Å². The second-order valence-electron chi connectivity index (χ2n) is 5.40. The SMILES string of the molecule is COc1ccc(CNc2cc(=O)n(O)c3ncnc(C)c23)c(OC)c1. The average Bonchev–Trinajstić information content (AvgIpc) is 2.63. The van der Waals surface area contributed by atoms with Crippen LogP contribution in [0.25, 0.3) is 11.0 Å². The smallest absolute Gasteiger partial charge is 0.286 e. The van der Waals surface area contributed by atoms with Crippen molar-refractivity contribution in [2.45, 2.75) is 13.5 Å². The van der Waals surface area contributed by atoms with E-state index in [1.807, 2.05) is 12.1 Å². The van der Waals surface area contributed by atoms with Crippen LogP contribution < -0.4 is 20.3 Å². The first-order valence-electron chi connectivity index (χ1n) is 7.56. The van der Waals surface area contributed by atoms with E-state index in [0.29, 0.717) is 39.5 Å². The molecule has 1 aromatic carbocycles. The number of rotatable bonds is 5. The summed E-state index contributed by atoms with van der Waals surface area (Å²) in [6, 6.07) is 6.81. The second kappa shape index (κ2) is 6.68. The number of ether oxygens (including phenoxy) is 2. The Morgan fingerprint density at radius 2 is 2.00 bits per heavy atom. The molecule has 0 bridgehead atoms. The van der Waals surface area contributed by atoms with Gasteiger partial charge in [-0.25, -0.2) is 9.97 Å². The predicted octanol–water partition coefficient (Wildman–Crippen LogP) is 1.97. The molecule has 0 amide bonds. The van der Waals surface area contributed by atoms with Crippen molar-refractivity contribution in [1.29, 1.82) is 0 Å². The normalized spacial score (nSPS) is 10.7. The zero-order valence-corrected chi connectivity index (χ0v) is 14.1. The van der Waals surface area contributed by atoms with E-state index in [1.165, 1.54) is 12.4 Å². The van der Waals surface area contributed by atoms with Crippen LogP contribution in [0.5, 0.6) is 11.5 Å². The summed E-state index contributed by atoms with van der Waals surface area (Å²) in [7, 11) is 3.17. The van der Waals surface area contributed by atoms with E-state index >= 15 is 0 Å². The molecule has 0 spiro atoms. The average molecular weight is 342 g/mol. The van der Waals surface area contributed by atoms with E-state index < -0.39 is 5.56 Å². The summed E-state index contributed by atoms with van der Waals surface area (Å²) in [6.45, 7) is 2.19. The number of aromatic nitrogens is 3. The Bertz CT molecular complexity index is 984. The number of benzene rings is 1. The minimum absolute atomic E-state index is 0.157. The summed E-state index contributed by atoms with van der Waals surface area (Å²) < 4.78 is 11.1. The lowest BCUT2D eigenvalue weighted by Gasteiger charge is -2.14. The highest BCUT2D eigenvalue weighted by Crippen LogP contribution is 2.27. The molecule has 0 aliphatic heterocycles. The van der Waals surface area contributed by atoms with Crippen molar-refractivity contribution in [1.82, 2.24) is 14.7 Å². The highest BCUT2D eigenvalue weighted by molar-refractivity contribution is 5.90. The molecule has 0 aliphatic rings. The number of methoxy groups -OCH3 is 2. The standard InChI is InChI=1S/C17H18N4O4/c1-10-16-13(7-15(22)21(23)17(16)20-9-19-10)18-8-11-4-5-12(24-2)6-14(11)25-3/h4-7,9,18,23H,8H2,1-3H3. The largest absolute Gasteiger partial charge is 0.497 e. The Labute approximate surface area is 143 Å². The summed E-state index contributed by atoms with van der Waals surface area (Å²) >= 11 is 0. The molecule has 2 heterocycles. The van der Waals surface area contributed by atoms with Gasteiger partial charge in [0.25, 0.3) is 5.56 Å². The fourth-order valence-corrected chi connectivity index (χ4v) is 2.63. The molecule has 130 valence electrons. The first-order valence-corrected chi connectivity index (χ1v) is 7.56. The van der Waals surface area contributed by atoms with Gasteiger partial charge >= 0.3 is 0 Å². The Balaban J connectivity index is 2.00. The van der Waals surface area contributed by atoms with E-state index in [-0.39, 0.29) is 5.65 Å². The van der Waals surface area contributed by atoms with Crippen molar-refractivity contribution < 1.29 is 14.7 Å². The van der Waals surface area contributed by atoms with Crippen molar-refractivity contribution in [2.24, 2.45) is 0 Å². The van der Waals surface area contributed by atoms with Gasteiger partial charge < -0.3 is 20.0 Å². The molecular formula is C17H18N4O4. The minimum Gasteiger partial charge on any atom is -0.497 e. The first kappa shape index (κ1) is 16.6. The van der Waals surface area contributed by atoms with Crippen molar-refractivity contribution in [2.75, 3.05) is 19.5 Å².